The van der Waals surface area contributed by atoms with E-state index >= 15 is 0 Å². The minimum atomic E-state index is 0.00222. The molecule has 0 unspecified atom stereocenters. The van der Waals surface area contributed by atoms with Crippen LogP contribution in [0.3, 0.4) is 0 Å². The average molecular weight is 213 g/mol. The van der Waals surface area contributed by atoms with Crippen molar-refractivity contribution in [1.82, 2.24) is 4.90 Å². The number of amides is 1. The van der Waals surface area contributed by atoms with Gasteiger partial charge in [-0.15, -0.1) is 0 Å². The lowest BCUT2D eigenvalue weighted by molar-refractivity contribution is -0.128. The molecule has 0 aromatic rings. The molecule has 0 N–H and O–H groups in total. The lowest BCUT2D eigenvalue weighted by Gasteiger charge is -2.31. The molecule has 0 spiro atoms. The number of rotatable bonds is 3. The van der Waals surface area contributed by atoms with Gasteiger partial charge in [0.05, 0.1) is 12.1 Å². The van der Waals surface area contributed by atoms with E-state index in [-0.39, 0.29) is 18.0 Å². The van der Waals surface area contributed by atoms with E-state index in [1.165, 1.54) is 0 Å². The van der Waals surface area contributed by atoms with Crippen LogP contribution in [-0.4, -0.2) is 22.9 Å². The topological polar surface area (TPSA) is 20.3 Å². The van der Waals surface area contributed by atoms with Crippen molar-refractivity contribution in [3.63, 3.8) is 0 Å². The van der Waals surface area contributed by atoms with Gasteiger partial charge in [-0.3, -0.25) is 4.79 Å². The predicted octanol–water partition coefficient (Wildman–Crippen LogP) is 2.38. The van der Waals surface area contributed by atoms with Gasteiger partial charge in [0, 0.05) is 5.57 Å². The summed E-state index contributed by atoms with van der Waals surface area (Å²) in [6.45, 7) is 5.48. The smallest absolute Gasteiger partial charge is 0.250 e. The van der Waals surface area contributed by atoms with Crippen LogP contribution in [0.2, 0.25) is 0 Å². The van der Waals surface area contributed by atoms with E-state index in [2.05, 4.69) is 6.58 Å². The van der Waals surface area contributed by atoms with E-state index < -0.39 is 0 Å². The Bertz CT molecular complexity index is 374. The molecule has 82 valence electrons. The molecule has 2 heteroatoms. The second-order valence-electron chi connectivity index (χ2n) is 4.01. The fraction of sp³-hybridized carbons (Fsp3) is 0.214. The molecule has 0 bridgehead atoms. The number of hydrogen-bond donors (Lipinski definition) is 0. The summed E-state index contributed by atoms with van der Waals surface area (Å²) in [5.41, 5.74) is 0.572. The molecule has 0 fully saturated rings. The van der Waals surface area contributed by atoms with Crippen LogP contribution in [0.5, 0.6) is 0 Å². The van der Waals surface area contributed by atoms with Crippen molar-refractivity contribution < 1.29 is 4.79 Å². The molecule has 2 nitrogen and oxygen atoms in total. The van der Waals surface area contributed by atoms with Crippen molar-refractivity contribution >= 4 is 5.91 Å². The Hall–Kier alpha value is -1.83. The quantitative estimate of drug-likeness (QED) is 0.659. The largest absolute Gasteiger partial charge is 0.319 e. The summed E-state index contributed by atoms with van der Waals surface area (Å²) in [7, 11) is 0. The summed E-state index contributed by atoms with van der Waals surface area (Å²) in [4.78, 5) is 13.9. The Balaban J connectivity index is 2.25. The van der Waals surface area contributed by atoms with E-state index in [9.17, 15) is 4.79 Å². The Morgan fingerprint density at radius 3 is 1.69 bits per heavy atom. The fourth-order valence-corrected chi connectivity index (χ4v) is 1.90. The number of carbonyl (C=O) groups is 1. The van der Waals surface area contributed by atoms with E-state index in [1.807, 2.05) is 53.5 Å². The Labute approximate surface area is 95.9 Å². The summed E-state index contributed by atoms with van der Waals surface area (Å²) in [6.07, 6.45) is 15.9. The molecule has 2 aliphatic carbocycles. The maximum absolute atomic E-state index is 12.1. The number of carbonyl (C=O) groups excluding carboxylic acids is 1. The summed E-state index contributed by atoms with van der Waals surface area (Å²) in [6, 6.07) is 0.0863. The first-order valence-electron chi connectivity index (χ1n) is 5.38. The van der Waals surface area contributed by atoms with Crippen molar-refractivity contribution in [1.29, 1.82) is 0 Å². The average Bonchev–Trinajstić information content (AvgIpc) is 2.89. The number of hydrogen-bond acceptors (Lipinski definition) is 1. The first kappa shape index (κ1) is 10.7. The van der Waals surface area contributed by atoms with Crippen molar-refractivity contribution in [2.45, 2.75) is 19.0 Å². The van der Waals surface area contributed by atoms with Crippen LogP contribution in [0.25, 0.3) is 0 Å². The predicted molar refractivity (Wildman–Crippen MR) is 65.8 cm³/mol. The van der Waals surface area contributed by atoms with E-state index in [0.29, 0.717) is 5.57 Å². The van der Waals surface area contributed by atoms with Gasteiger partial charge in [0.25, 0.3) is 0 Å². The molecule has 1 amide bonds. The van der Waals surface area contributed by atoms with Gasteiger partial charge < -0.3 is 4.90 Å². The van der Waals surface area contributed by atoms with Crippen molar-refractivity contribution in [2.75, 3.05) is 0 Å². The molecule has 2 aliphatic rings. The zero-order valence-electron chi connectivity index (χ0n) is 9.34. The molecule has 0 aromatic heterocycles. The third-order valence-electron chi connectivity index (χ3n) is 2.70. The van der Waals surface area contributed by atoms with Gasteiger partial charge in [0.2, 0.25) is 5.91 Å². The standard InChI is InChI=1S/C14H15NO/c1-11(2)14(16)15(12-7-3-4-8-12)13-9-5-6-10-13/h3-10,12-13H,1H2,2H3. The van der Waals surface area contributed by atoms with Crippen molar-refractivity contribution in [2.24, 2.45) is 0 Å². The monoisotopic (exact) mass is 213 g/mol. The van der Waals surface area contributed by atoms with Gasteiger partial charge in [-0.25, -0.2) is 0 Å². The molecule has 0 atom stereocenters. The molecular formula is C14H15NO. The molecule has 0 aliphatic heterocycles. The zero-order valence-corrected chi connectivity index (χ0v) is 9.34. The summed E-state index contributed by atoms with van der Waals surface area (Å²) in [5, 5.41) is 0. The highest BCUT2D eigenvalue weighted by atomic mass is 16.2. The van der Waals surface area contributed by atoms with Crippen LogP contribution in [-0.2, 0) is 4.79 Å². The van der Waals surface area contributed by atoms with Crippen LogP contribution in [0.1, 0.15) is 6.92 Å². The third kappa shape index (κ3) is 1.91. The minimum Gasteiger partial charge on any atom is -0.319 e. The van der Waals surface area contributed by atoms with Crippen LogP contribution in [0, 0.1) is 0 Å². The van der Waals surface area contributed by atoms with Crippen LogP contribution >= 0.6 is 0 Å². The fourth-order valence-electron chi connectivity index (χ4n) is 1.90. The molecule has 0 radical (unpaired) electrons. The normalized spacial score (nSPS) is 18.6. The Morgan fingerprint density at radius 1 is 1.00 bits per heavy atom. The van der Waals surface area contributed by atoms with Gasteiger partial charge in [-0.05, 0) is 6.92 Å². The molecule has 0 aromatic carbocycles. The first-order valence-corrected chi connectivity index (χ1v) is 5.38. The highest BCUT2D eigenvalue weighted by molar-refractivity contribution is 5.93. The Morgan fingerprint density at radius 2 is 1.38 bits per heavy atom. The maximum Gasteiger partial charge on any atom is 0.250 e. The van der Waals surface area contributed by atoms with Crippen LogP contribution in [0.4, 0.5) is 0 Å². The highest BCUT2D eigenvalue weighted by Gasteiger charge is 2.27. The lowest BCUT2D eigenvalue weighted by atomic mass is 10.1. The second-order valence-corrected chi connectivity index (χ2v) is 4.01. The van der Waals surface area contributed by atoms with Gasteiger partial charge in [-0.1, -0.05) is 55.2 Å². The van der Waals surface area contributed by atoms with E-state index in [0.717, 1.165) is 0 Å². The molecule has 2 rings (SSSR count). The van der Waals surface area contributed by atoms with Crippen LogP contribution in [0.15, 0.2) is 60.8 Å². The summed E-state index contributed by atoms with van der Waals surface area (Å²) >= 11 is 0. The molecular weight excluding hydrogens is 198 g/mol. The summed E-state index contributed by atoms with van der Waals surface area (Å²) in [5.74, 6) is 0.00222. The van der Waals surface area contributed by atoms with Crippen LogP contribution < -0.4 is 0 Å². The van der Waals surface area contributed by atoms with Gasteiger partial charge >= 0.3 is 0 Å². The molecule has 0 saturated heterocycles. The molecule has 16 heavy (non-hydrogen) atoms. The van der Waals surface area contributed by atoms with Gasteiger partial charge in [-0.2, -0.15) is 0 Å². The molecule has 0 heterocycles. The Kier molecular flexibility index (Phi) is 2.91. The van der Waals surface area contributed by atoms with E-state index in [4.69, 9.17) is 0 Å². The third-order valence-corrected chi connectivity index (χ3v) is 2.70. The summed E-state index contributed by atoms with van der Waals surface area (Å²) < 4.78 is 0. The first-order chi connectivity index (χ1) is 7.70. The maximum atomic E-state index is 12.1. The van der Waals surface area contributed by atoms with Gasteiger partial charge in [0.15, 0.2) is 0 Å². The van der Waals surface area contributed by atoms with E-state index in [1.54, 1.807) is 6.92 Å². The van der Waals surface area contributed by atoms with Crippen molar-refractivity contribution in [3.8, 4) is 0 Å². The second kappa shape index (κ2) is 4.35. The molecule has 0 saturated carbocycles. The highest BCUT2D eigenvalue weighted by Crippen LogP contribution is 2.20. The SMILES string of the molecule is C=C(C)C(=O)N(C1C=CC=C1)C1C=CC=C1. The minimum absolute atomic E-state index is 0.00222. The van der Waals surface area contributed by atoms with Crippen molar-refractivity contribution in [3.05, 3.63) is 60.8 Å². The number of nitrogens with zero attached hydrogens (tertiary/aromatic N) is 1. The number of allylic oxidation sites excluding steroid dienone is 4. The lowest BCUT2D eigenvalue weighted by Crippen LogP contribution is -2.43. The van der Waals surface area contributed by atoms with Gasteiger partial charge in [0.1, 0.15) is 0 Å². The zero-order chi connectivity index (χ0) is 11.5.